The van der Waals surface area contributed by atoms with E-state index in [0.29, 0.717) is 10.6 Å². The third-order valence-corrected chi connectivity index (χ3v) is 5.63. The third kappa shape index (κ3) is 3.53. The van der Waals surface area contributed by atoms with Gasteiger partial charge in [-0.2, -0.15) is 10.4 Å². The summed E-state index contributed by atoms with van der Waals surface area (Å²) in [6, 6.07) is 5.85. The van der Waals surface area contributed by atoms with Crippen LogP contribution in [0.4, 0.5) is 5.00 Å². The standard InChI is InChI=1S/C16H14N4O2S2/c17-8-12-11-5-1-2-6-13(11)24-16(12)19-14(21)15(22)20-18-9-10-4-3-7-23-10/h3-4,7,9H,1-2,5-6H2,(H,19,21)(H,20,22)/b18-9+. The van der Waals surface area contributed by atoms with Crippen molar-refractivity contribution in [3.8, 4) is 6.07 Å². The number of rotatable bonds is 3. The molecule has 0 saturated carbocycles. The van der Waals surface area contributed by atoms with E-state index in [1.54, 1.807) is 0 Å². The van der Waals surface area contributed by atoms with Crippen molar-refractivity contribution in [2.75, 3.05) is 5.32 Å². The number of nitrogens with one attached hydrogen (secondary N) is 2. The van der Waals surface area contributed by atoms with Crippen LogP contribution in [-0.4, -0.2) is 18.0 Å². The summed E-state index contributed by atoms with van der Waals surface area (Å²) in [6.45, 7) is 0. The maximum Gasteiger partial charge on any atom is 0.329 e. The Labute approximate surface area is 146 Å². The number of fused-ring (bicyclic) bond motifs is 1. The topological polar surface area (TPSA) is 94.4 Å². The van der Waals surface area contributed by atoms with Gasteiger partial charge in [-0.3, -0.25) is 9.59 Å². The number of nitriles is 1. The minimum absolute atomic E-state index is 0.451. The lowest BCUT2D eigenvalue weighted by atomic mass is 9.96. The average Bonchev–Trinajstić information content (AvgIpc) is 3.21. The quantitative estimate of drug-likeness (QED) is 0.502. The second kappa shape index (κ2) is 7.38. The van der Waals surface area contributed by atoms with Gasteiger partial charge >= 0.3 is 11.8 Å². The number of thiophene rings is 2. The molecule has 0 bridgehead atoms. The number of aryl methyl sites for hydroxylation is 1. The summed E-state index contributed by atoms with van der Waals surface area (Å²) in [7, 11) is 0. The van der Waals surface area contributed by atoms with Gasteiger partial charge in [0.2, 0.25) is 0 Å². The van der Waals surface area contributed by atoms with Crippen LogP contribution in [0.2, 0.25) is 0 Å². The van der Waals surface area contributed by atoms with Crippen LogP contribution in [0.15, 0.2) is 22.6 Å². The van der Waals surface area contributed by atoms with Crippen LogP contribution < -0.4 is 10.7 Å². The molecule has 0 aromatic carbocycles. The lowest BCUT2D eigenvalue weighted by molar-refractivity contribution is -0.136. The van der Waals surface area contributed by atoms with Gasteiger partial charge in [-0.05, 0) is 42.7 Å². The molecule has 1 aliphatic rings. The fraction of sp³-hybridized carbons (Fsp3) is 0.250. The Balaban J connectivity index is 1.65. The molecule has 2 aromatic rings. The molecular formula is C16H14N4O2S2. The molecular weight excluding hydrogens is 344 g/mol. The average molecular weight is 358 g/mol. The Hall–Kier alpha value is -2.50. The van der Waals surface area contributed by atoms with E-state index in [9.17, 15) is 14.9 Å². The molecule has 2 amide bonds. The zero-order chi connectivity index (χ0) is 16.9. The molecule has 0 saturated heterocycles. The van der Waals surface area contributed by atoms with Gasteiger partial charge in [-0.25, -0.2) is 5.43 Å². The smallest absolute Gasteiger partial charge is 0.308 e. The first-order valence-corrected chi connectivity index (χ1v) is 9.11. The number of hydrazone groups is 1. The van der Waals surface area contributed by atoms with Gasteiger partial charge in [-0.1, -0.05) is 6.07 Å². The Bertz CT molecular complexity index is 831. The van der Waals surface area contributed by atoms with Gasteiger partial charge in [-0.15, -0.1) is 22.7 Å². The highest BCUT2D eigenvalue weighted by Crippen LogP contribution is 2.37. The molecule has 0 aliphatic heterocycles. The first-order chi connectivity index (χ1) is 11.7. The highest BCUT2D eigenvalue weighted by atomic mass is 32.1. The number of hydrogen-bond acceptors (Lipinski definition) is 6. The highest BCUT2D eigenvalue weighted by molar-refractivity contribution is 7.16. The number of nitrogens with zero attached hydrogens (tertiary/aromatic N) is 2. The maximum atomic E-state index is 12.0. The lowest BCUT2D eigenvalue weighted by Crippen LogP contribution is -2.32. The predicted octanol–water partition coefficient (Wildman–Crippen LogP) is 2.65. The molecule has 0 fully saturated rings. The number of carbonyl (C=O) groups excluding carboxylic acids is 2. The van der Waals surface area contributed by atoms with Crippen molar-refractivity contribution < 1.29 is 9.59 Å². The maximum absolute atomic E-state index is 12.0. The van der Waals surface area contributed by atoms with Crippen LogP contribution >= 0.6 is 22.7 Å². The molecule has 8 heteroatoms. The van der Waals surface area contributed by atoms with Crippen LogP contribution in [0.3, 0.4) is 0 Å². The van der Waals surface area contributed by atoms with Crippen molar-refractivity contribution in [1.29, 1.82) is 5.26 Å². The van der Waals surface area contributed by atoms with Crippen molar-refractivity contribution in [3.63, 3.8) is 0 Å². The van der Waals surface area contributed by atoms with Crippen LogP contribution in [0.25, 0.3) is 0 Å². The monoisotopic (exact) mass is 358 g/mol. The van der Waals surface area contributed by atoms with E-state index in [2.05, 4.69) is 21.9 Å². The molecule has 6 nitrogen and oxygen atoms in total. The third-order valence-electron chi connectivity index (χ3n) is 3.62. The van der Waals surface area contributed by atoms with Crippen molar-refractivity contribution in [2.45, 2.75) is 25.7 Å². The molecule has 2 heterocycles. The number of carbonyl (C=O) groups is 2. The zero-order valence-electron chi connectivity index (χ0n) is 12.7. The summed E-state index contributed by atoms with van der Waals surface area (Å²) < 4.78 is 0. The van der Waals surface area contributed by atoms with Crippen LogP contribution in [0.5, 0.6) is 0 Å². The largest absolute Gasteiger partial charge is 0.329 e. The zero-order valence-corrected chi connectivity index (χ0v) is 14.3. The van der Waals surface area contributed by atoms with E-state index in [-0.39, 0.29) is 0 Å². The SMILES string of the molecule is N#Cc1c(NC(=O)C(=O)N/N=C/c2cccs2)sc2c1CCCC2. The lowest BCUT2D eigenvalue weighted by Gasteiger charge is -2.09. The van der Waals surface area contributed by atoms with Gasteiger partial charge in [0, 0.05) is 9.75 Å². The van der Waals surface area contributed by atoms with Crippen LogP contribution in [0, 0.1) is 11.3 Å². The summed E-state index contributed by atoms with van der Waals surface area (Å²) in [4.78, 5) is 25.8. The van der Waals surface area contributed by atoms with Crippen LogP contribution in [0.1, 0.15) is 33.7 Å². The van der Waals surface area contributed by atoms with E-state index >= 15 is 0 Å². The number of anilines is 1. The van der Waals surface area contributed by atoms with E-state index < -0.39 is 11.8 Å². The molecule has 122 valence electrons. The normalized spacial score (nSPS) is 13.3. The molecule has 2 N–H and O–H groups in total. The van der Waals surface area contributed by atoms with E-state index in [1.165, 1.54) is 28.9 Å². The molecule has 0 spiro atoms. The molecule has 3 rings (SSSR count). The summed E-state index contributed by atoms with van der Waals surface area (Å²) in [6.07, 6.45) is 5.37. The minimum atomic E-state index is -0.863. The second-order valence-corrected chi connectivity index (χ2v) is 7.28. The summed E-state index contributed by atoms with van der Waals surface area (Å²) in [5.41, 5.74) is 3.69. The Morgan fingerprint density at radius 1 is 1.29 bits per heavy atom. The first kappa shape index (κ1) is 16.4. The van der Waals surface area contributed by atoms with E-state index in [4.69, 9.17) is 0 Å². The number of amides is 2. The second-order valence-electron chi connectivity index (χ2n) is 5.20. The van der Waals surface area contributed by atoms with Crippen molar-refractivity contribution in [2.24, 2.45) is 5.10 Å². The Morgan fingerprint density at radius 2 is 2.12 bits per heavy atom. The fourth-order valence-electron chi connectivity index (χ4n) is 2.50. The summed E-state index contributed by atoms with van der Waals surface area (Å²) in [5, 5.41) is 18.0. The summed E-state index contributed by atoms with van der Waals surface area (Å²) >= 11 is 2.85. The van der Waals surface area contributed by atoms with Crippen LogP contribution in [-0.2, 0) is 22.4 Å². The van der Waals surface area contributed by atoms with E-state index in [0.717, 1.165) is 41.0 Å². The van der Waals surface area contributed by atoms with Crippen molar-refractivity contribution >= 4 is 45.7 Å². The van der Waals surface area contributed by atoms with E-state index in [1.807, 2.05) is 17.5 Å². The van der Waals surface area contributed by atoms with Gasteiger partial charge < -0.3 is 5.32 Å². The van der Waals surface area contributed by atoms with Gasteiger partial charge in [0.25, 0.3) is 0 Å². The van der Waals surface area contributed by atoms with Crippen molar-refractivity contribution in [1.82, 2.24) is 5.43 Å². The molecule has 1 aliphatic carbocycles. The van der Waals surface area contributed by atoms with Gasteiger partial charge in [0.1, 0.15) is 11.1 Å². The number of hydrogen-bond donors (Lipinski definition) is 2. The molecule has 0 atom stereocenters. The Kier molecular flexibility index (Phi) is 5.03. The minimum Gasteiger partial charge on any atom is -0.308 e. The first-order valence-electron chi connectivity index (χ1n) is 7.41. The van der Waals surface area contributed by atoms with Gasteiger partial charge in [0.15, 0.2) is 0 Å². The fourth-order valence-corrected chi connectivity index (χ4v) is 4.32. The molecule has 0 unspecified atom stereocenters. The van der Waals surface area contributed by atoms with Gasteiger partial charge in [0.05, 0.1) is 11.8 Å². The molecule has 0 radical (unpaired) electrons. The molecule has 2 aromatic heterocycles. The predicted molar refractivity (Wildman–Crippen MR) is 94.4 cm³/mol. The Morgan fingerprint density at radius 3 is 2.88 bits per heavy atom. The molecule has 24 heavy (non-hydrogen) atoms. The highest BCUT2D eigenvalue weighted by Gasteiger charge is 2.23. The summed E-state index contributed by atoms with van der Waals surface area (Å²) in [5.74, 6) is -1.69. The van der Waals surface area contributed by atoms with Crippen molar-refractivity contribution in [3.05, 3.63) is 38.4 Å².